The summed E-state index contributed by atoms with van der Waals surface area (Å²) in [6, 6.07) is 15.9. The quantitative estimate of drug-likeness (QED) is 0.616. The van der Waals surface area contributed by atoms with Crippen LogP contribution in [0.5, 0.6) is 5.75 Å². The van der Waals surface area contributed by atoms with Gasteiger partial charge in [0.25, 0.3) is 5.91 Å². The lowest BCUT2D eigenvalue weighted by molar-refractivity contribution is -0.192. The highest BCUT2D eigenvalue weighted by Gasteiger charge is 2.38. The largest absolute Gasteiger partial charge is 0.497 e. The van der Waals surface area contributed by atoms with Crippen LogP contribution in [0.2, 0.25) is 0 Å². The minimum absolute atomic E-state index is 0.00392. The van der Waals surface area contributed by atoms with E-state index in [0.717, 1.165) is 18.7 Å². The molecule has 36 heavy (non-hydrogen) atoms. The Hall–Kier alpha value is -4.11. The van der Waals surface area contributed by atoms with E-state index in [9.17, 15) is 22.8 Å². The maximum atomic E-state index is 13.2. The molecular formula is C24H25F3N4O5. The van der Waals surface area contributed by atoms with Crippen LogP contribution < -0.4 is 10.1 Å². The van der Waals surface area contributed by atoms with E-state index in [2.05, 4.69) is 5.32 Å². The highest BCUT2D eigenvalue weighted by atomic mass is 19.4. The molecule has 0 atom stereocenters. The summed E-state index contributed by atoms with van der Waals surface area (Å²) in [6.07, 6.45) is -5.08. The predicted octanol–water partition coefficient (Wildman–Crippen LogP) is 2.27. The number of ether oxygens (including phenoxy) is 1. The van der Waals surface area contributed by atoms with Crippen molar-refractivity contribution in [2.75, 3.05) is 39.8 Å². The van der Waals surface area contributed by atoms with Gasteiger partial charge in [0.05, 0.1) is 18.7 Å². The number of alkyl halides is 3. The van der Waals surface area contributed by atoms with E-state index < -0.39 is 12.1 Å². The molecule has 1 saturated heterocycles. The highest BCUT2D eigenvalue weighted by Crippen LogP contribution is 2.17. The number of carboxylic acid groups (broad SMARTS) is 1. The zero-order valence-electron chi connectivity index (χ0n) is 19.4. The number of nitriles is 1. The van der Waals surface area contributed by atoms with Crippen molar-refractivity contribution in [1.29, 1.82) is 5.26 Å². The normalized spacial score (nSPS) is 13.0. The molecule has 1 aliphatic rings. The second-order valence-electron chi connectivity index (χ2n) is 7.64. The van der Waals surface area contributed by atoms with Crippen LogP contribution in [0.3, 0.4) is 0 Å². The number of nitrogens with one attached hydrogen (secondary N) is 1. The van der Waals surface area contributed by atoms with Gasteiger partial charge in [-0.1, -0.05) is 12.1 Å². The molecule has 0 unspecified atom stereocenters. The number of aliphatic carboxylic acids is 1. The highest BCUT2D eigenvalue weighted by molar-refractivity contribution is 5.96. The fourth-order valence-electron chi connectivity index (χ4n) is 3.24. The molecule has 3 rings (SSSR count). The first-order valence-corrected chi connectivity index (χ1v) is 10.8. The van der Waals surface area contributed by atoms with E-state index >= 15 is 0 Å². The zero-order chi connectivity index (χ0) is 26.7. The molecule has 0 bridgehead atoms. The smallest absolute Gasteiger partial charge is 0.490 e. The maximum Gasteiger partial charge on any atom is 0.490 e. The minimum Gasteiger partial charge on any atom is -0.497 e. The maximum absolute atomic E-state index is 13.2. The van der Waals surface area contributed by atoms with Gasteiger partial charge < -0.3 is 25.0 Å². The summed E-state index contributed by atoms with van der Waals surface area (Å²) in [5.74, 6) is -2.38. The Morgan fingerprint density at radius 3 is 2.28 bits per heavy atom. The number of benzene rings is 2. The standard InChI is InChI=1S/C22H24N4O3.C2HF3O2/c1-29-20-4-2-3-18(13-20)15-26(16-21(27)25-11-9-24-10-12-25)22(28)19-7-5-17(14-23)6-8-19;3-2(4,5)1(6)7/h2-8,13,24H,9-12,15-16H2,1H3;(H,6,7). The van der Waals surface area contributed by atoms with E-state index in [1.807, 2.05) is 30.3 Å². The Morgan fingerprint density at radius 1 is 1.14 bits per heavy atom. The molecule has 1 heterocycles. The summed E-state index contributed by atoms with van der Waals surface area (Å²) in [6.45, 7) is 3.06. The minimum atomic E-state index is -5.08. The van der Waals surface area contributed by atoms with Gasteiger partial charge in [-0.2, -0.15) is 18.4 Å². The molecule has 0 saturated carbocycles. The number of carboxylic acids is 1. The molecule has 12 heteroatoms. The van der Waals surface area contributed by atoms with Gasteiger partial charge in [0.15, 0.2) is 0 Å². The third kappa shape index (κ3) is 8.59. The van der Waals surface area contributed by atoms with Crippen LogP contribution in [0.1, 0.15) is 21.5 Å². The number of carbonyl (C=O) groups excluding carboxylic acids is 2. The number of hydrogen-bond acceptors (Lipinski definition) is 6. The number of nitrogens with zero attached hydrogens (tertiary/aromatic N) is 3. The Labute approximate surface area is 205 Å². The lowest BCUT2D eigenvalue weighted by Gasteiger charge is -2.30. The first-order chi connectivity index (χ1) is 17.0. The number of halogens is 3. The van der Waals surface area contributed by atoms with Gasteiger partial charge in [0.2, 0.25) is 5.91 Å². The molecule has 0 radical (unpaired) electrons. The van der Waals surface area contributed by atoms with Crippen LogP contribution in [-0.2, 0) is 16.1 Å². The average Bonchev–Trinajstić information content (AvgIpc) is 2.88. The molecule has 9 nitrogen and oxygen atoms in total. The van der Waals surface area contributed by atoms with Crippen molar-refractivity contribution in [2.45, 2.75) is 12.7 Å². The fraction of sp³-hybridized carbons (Fsp3) is 0.333. The van der Waals surface area contributed by atoms with Gasteiger partial charge in [-0.3, -0.25) is 9.59 Å². The summed E-state index contributed by atoms with van der Waals surface area (Å²) in [5, 5.41) is 19.3. The number of piperazine rings is 1. The Bertz CT molecular complexity index is 1090. The summed E-state index contributed by atoms with van der Waals surface area (Å²) in [4.78, 5) is 38.2. The molecule has 0 spiro atoms. The Morgan fingerprint density at radius 2 is 1.75 bits per heavy atom. The van der Waals surface area contributed by atoms with Gasteiger partial charge in [0.1, 0.15) is 12.3 Å². The van der Waals surface area contributed by atoms with Crippen molar-refractivity contribution < 1.29 is 37.4 Å². The molecular weight excluding hydrogens is 481 g/mol. The van der Waals surface area contributed by atoms with E-state index in [1.165, 1.54) is 0 Å². The molecule has 0 aromatic heterocycles. The third-order valence-electron chi connectivity index (χ3n) is 5.09. The number of methoxy groups -OCH3 is 1. The topological polar surface area (TPSA) is 123 Å². The zero-order valence-corrected chi connectivity index (χ0v) is 19.4. The molecule has 2 aromatic rings. The number of carbonyl (C=O) groups is 3. The predicted molar refractivity (Wildman–Crippen MR) is 122 cm³/mol. The fourth-order valence-corrected chi connectivity index (χ4v) is 3.24. The number of hydrogen-bond donors (Lipinski definition) is 2. The Balaban J connectivity index is 0.000000572. The summed E-state index contributed by atoms with van der Waals surface area (Å²) < 4.78 is 37.0. The second-order valence-corrected chi connectivity index (χ2v) is 7.64. The van der Waals surface area contributed by atoms with Crippen LogP contribution >= 0.6 is 0 Å². The lowest BCUT2D eigenvalue weighted by Crippen LogP contribution is -2.50. The number of amides is 2. The molecule has 1 fully saturated rings. The molecule has 1 aliphatic heterocycles. The van der Waals surface area contributed by atoms with E-state index in [0.29, 0.717) is 30.0 Å². The summed E-state index contributed by atoms with van der Waals surface area (Å²) in [7, 11) is 1.59. The van der Waals surface area contributed by atoms with E-state index in [4.69, 9.17) is 19.9 Å². The molecule has 2 aromatic carbocycles. The SMILES string of the molecule is COc1cccc(CN(CC(=O)N2CCNCC2)C(=O)c2ccc(C#N)cc2)c1.O=C(O)C(F)(F)F. The van der Waals surface area contributed by atoms with Crippen LogP contribution in [0.4, 0.5) is 13.2 Å². The van der Waals surface area contributed by atoms with Gasteiger partial charge in [0, 0.05) is 38.3 Å². The van der Waals surface area contributed by atoms with Crippen molar-refractivity contribution in [2.24, 2.45) is 0 Å². The van der Waals surface area contributed by atoms with Crippen LogP contribution in [-0.4, -0.2) is 78.7 Å². The van der Waals surface area contributed by atoms with Crippen LogP contribution in [0.25, 0.3) is 0 Å². The van der Waals surface area contributed by atoms with Crippen LogP contribution in [0.15, 0.2) is 48.5 Å². The summed E-state index contributed by atoms with van der Waals surface area (Å²) in [5.41, 5.74) is 1.80. The van der Waals surface area contributed by atoms with Crippen molar-refractivity contribution in [1.82, 2.24) is 15.1 Å². The molecule has 2 N–H and O–H groups in total. The van der Waals surface area contributed by atoms with Gasteiger partial charge >= 0.3 is 12.1 Å². The van der Waals surface area contributed by atoms with Crippen molar-refractivity contribution in [3.05, 3.63) is 65.2 Å². The van der Waals surface area contributed by atoms with E-state index in [1.54, 1.807) is 41.2 Å². The Kier molecular flexibility index (Phi) is 10.2. The molecule has 192 valence electrons. The summed E-state index contributed by atoms with van der Waals surface area (Å²) >= 11 is 0. The van der Waals surface area contributed by atoms with Gasteiger partial charge in [-0.25, -0.2) is 4.79 Å². The first kappa shape index (κ1) is 28.1. The number of rotatable bonds is 6. The van der Waals surface area contributed by atoms with Crippen molar-refractivity contribution >= 4 is 17.8 Å². The van der Waals surface area contributed by atoms with Gasteiger partial charge in [-0.05, 0) is 42.0 Å². The third-order valence-corrected chi connectivity index (χ3v) is 5.09. The molecule has 2 amide bonds. The van der Waals surface area contributed by atoms with E-state index in [-0.39, 0.29) is 24.9 Å². The average molecular weight is 506 g/mol. The second kappa shape index (κ2) is 13.1. The van der Waals surface area contributed by atoms with Crippen molar-refractivity contribution in [3.8, 4) is 11.8 Å². The van der Waals surface area contributed by atoms with Gasteiger partial charge in [-0.15, -0.1) is 0 Å². The first-order valence-electron chi connectivity index (χ1n) is 10.8. The monoisotopic (exact) mass is 506 g/mol. The molecule has 0 aliphatic carbocycles. The van der Waals surface area contributed by atoms with Crippen LogP contribution in [0, 0.1) is 11.3 Å². The van der Waals surface area contributed by atoms with Crippen molar-refractivity contribution in [3.63, 3.8) is 0 Å². The lowest BCUT2D eigenvalue weighted by atomic mass is 10.1.